The van der Waals surface area contributed by atoms with Crippen molar-refractivity contribution in [1.82, 2.24) is 9.55 Å². The minimum Gasteiger partial charge on any atom is -0.512 e. The molecule has 0 saturated heterocycles. The Morgan fingerprint density at radius 3 is 1.80 bits per heavy atom. The van der Waals surface area contributed by atoms with Crippen LogP contribution in [0, 0.1) is 18.7 Å². The summed E-state index contributed by atoms with van der Waals surface area (Å²) in [5.41, 5.74) is 13.3. The average molecular weight is 1090 g/mol. The van der Waals surface area contributed by atoms with Crippen LogP contribution in [0.25, 0.3) is 27.6 Å². The van der Waals surface area contributed by atoms with Crippen LogP contribution in [0.2, 0.25) is 0 Å². The molecule has 1 N–H and O–H groups in total. The number of fused-ring (bicyclic) bond motifs is 4. The first-order valence-electron chi connectivity index (χ1n) is 23.9. The van der Waals surface area contributed by atoms with Crippen LogP contribution in [0.4, 0.5) is 17.1 Å². The molecule has 1 atom stereocenters. The molecule has 0 saturated carbocycles. The normalized spacial score (nSPS) is 14.2. The van der Waals surface area contributed by atoms with Crippen molar-refractivity contribution in [2.75, 3.05) is 10.2 Å². The smallest absolute Gasteiger partial charge is 0.135 e. The van der Waals surface area contributed by atoms with E-state index in [1.807, 2.05) is 24.4 Å². The number of hydrogen-bond donors (Lipinski definition) is 1. The van der Waals surface area contributed by atoms with Gasteiger partial charge in [0, 0.05) is 66.5 Å². The molecule has 0 spiro atoms. The molecule has 0 bridgehead atoms. The van der Waals surface area contributed by atoms with Crippen LogP contribution in [0.5, 0.6) is 11.5 Å². The quantitative estimate of drug-likeness (QED) is 0.139. The number of anilines is 3. The van der Waals surface area contributed by atoms with E-state index in [1.54, 1.807) is 0 Å². The summed E-state index contributed by atoms with van der Waals surface area (Å²) in [5, 5.41) is 6.30. The molecule has 10 rings (SSSR count). The summed E-state index contributed by atoms with van der Waals surface area (Å²) in [6.45, 7) is 25.2. The van der Waals surface area contributed by atoms with E-state index in [0.717, 1.165) is 44.7 Å². The first-order chi connectivity index (χ1) is 32.4. The number of aromatic nitrogens is 2. The maximum absolute atomic E-state index is 6.69. The maximum atomic E-state index is 6.69. The van der Waals surface area contributed by atoms with Crippen molar-refractivity contribution >= 4 is 38.9 Å². The Hall–Kier alpha value is -6.42. The topological polar surface area (TPSA) is 42.3 Å². The van der Waals surface area contributed by atoms with Crippen LogP contribution in [0.1, 0.15) is 114 Å². The van der Waals surface area contributed by atoms with Crippen molar-refractivity contribution in [2.24, 2.45) is 0 Å². The van der Waals surface area contributed by atoms with E-state index in [0.29, 0.717) is 11.5 Å². The first kappa shape index (κ1) is 47.6. The molecule has 6 heteroatoms. The van der Waals surface area contributed by atoms with E-state index in [1.165, 1.54) is 38.9 Å². The van der Waals surface area contributed by atoms with Crippen LogP contribution < -0.4 is 15.0 Å². The molecule has 2 aromatic heterocycles. The SMILES string of the molecule is CC(C)(C)c1ccnc(-n2c3[c-]c(Oc4[c-]c(N5[CH-]C(Nc6cc(C(C)(C)c7ccccc7)cc(C(C)(C)c7ccccc7)c6)c6cc(C(C)(C)C)ccc65)ccc4)ccc3c3ccccc32)c1.[Pt]. The van der Waals surface area contributed by atoms with Gasteiger partial charge in [0.1, 0.15) is 5.82 Å². The van der Waals surface area contributed by atoms with Crippen LogP contribution in [-0.2, 0) is 42.7 Å². The molecule has 352 valence electrons. The van der Waals surface area contributed by atoms with E-state index >= 15 is 0 Å². The molecular formula is C63H61N4OPt-3. The molecule has 7 aromatic carbocycles. The van der Waals surface area contributed by atoms with Crippen molar-refractivity contribution in [3.8, 4) is 17.3 Å². The Balaban J connectivity index is 0.00000593. The number of nitrogens with one attached hydrogen (secondary N) is 1. The van der Waals surface area contributed by atoms with Gasteiger partial charge >= 0.3 is 0 Å². The van der Waals surface area contributed by atoms with Crippen molar-refractivity contribution in [3.63, 3.8) is 0 Å². The van der Waals surface area contributed by atoms with Gasteiger partial charge in [-0.25, -0.2) is 11.5 Å². The van der Waals surface area contributed by atoms with Gasteiger partial charge in [0.05, 0.1) is 0 Å². The van der Waals surface area contributed by atoms with Crippen molar-refractivity contribution in [3.05, 3.63) is 228 Å². The van der Waals surface area contributed by atoms with Gasteiger partial charge in [-0.1, -0.05) is 178 Å². The number of benzene rings is 7. The molecule has 1 unspecified atom stereocenters. The predicted octanol–water partition coefficient (Wildman–Crippen LogP) is 16.3. The van der Waals surface area contributed by atoms with E-state index in [4.69, 9.17) is 9.72 Å². The van der Waals surface area contributed by atoms with Gasteiger partial charge in [-0.2, -0.15) is 12.1 Å². The van der Waals surface area contributed by atoms with E-state index in [-0.39, 0.29) is 48.8 Å². The van der Waals surface area contributed by atoms with Gasteiger partial charge in [-0.3, -0.25) is 0 Å². The zero-order valence-corrected chi connectivity index (χ0v) is 43.7. The Morgan fingerprint density at radius 2 is 1.14 bits per heavy atom. The van der Waals surface area contributed by atoms with Crippen LogP contribution in [-0.4, -0.2) is 9.55 Å². The van der Waals surface area contributed by atoms with Crippen LogP contribution >= 0.6 is 0 Å². The van der Waals surface area contributed by atoms with Gasteiger partial charge < -0.3 is 19.5 Å². The Kier molecular flexibility index (Phi) is 12.5. The third-order valence-electron chi connectivity index (χ3n) is 14.1. The van der Waals surface area contributed by atoms with Gasteiger partial charge in [0.25, 0.3) is 0 Å². The second kappa shape index (κ2) is 18.2. The zero-order chi connectivity index (χ0) is 47.6. The maximum Gasteiger partial charge on any atom is 0.135 e. The van der Waals surface area contributed by atoms with Gasteiger partial charge in [0.15, 0.2) is 0 Å². The summed E-state index contributed by atoms with van der Waals surface area (Å²) in [6, 6.07) is 65.9. The Labute approximate surface area is 423 Å². The second-order valence-corrected chi connectivity index (χ2v) is 21.5. The molecule has 5 nitrogen and oxygen atoms in total. The summed E-state index contributed by atoms with van der Waals surface area (Å²) in [6.07, 6.45) is 1.91. The summed E-state index contributed by atoms with van der Waals surface area (Å²) in [4.78, 5) is 7.13. The van der Waals surface area contributed by atoms with Gasteiger partial charge in [-0.05, 0) is 91.6 Å². The van der Waals surface area contributed by atoms with Gasteiger partial charge in [-0.15, -0.1) is 41.4 Å². The number of ether oxygens (including phenoxy) is 1. The van der Waals surface area contributed by atoms with Crippen molar-refractivity contribution in [2.45, 2.75) is 96.9 Å². The molecule has 1 aliphatic heterocycles. The van der Waals surface area contributed by atoms with Crippen LogP contribution in [0.15, 0.2) is 170 Å². The van der Waals surface area contributed by atoms with E-state index in [9.17, 15) is 0 Å². The number of hydrogen-bond acceptors (Lipinski definition) is 4. The fourth-order valence-electron chi connectivity index (χ4n) is 9.71. The molecule has 0 aliphatic carbocycles. The number of nitrogens with zero attached hydrogens (tertiary/aromatic N) is 3. The van der Waals surface area contributed by atoms with Crippen LogP contribution in [0.3, 0.4) is 0 Å². The van der Waals surface area contributed by atoms with Crippen molar-refractivity contribution in [1.29, 1.82) is 0 Å². The third-order valence-corrected chi connectivity index (χ3v) is 14.1. The monoisotopic (exact) mass is 1080 g/mol. The molecule has 9 aromatic rings. The Bertz CT molecular complexity index is 3230. The molecule has 1 aliphatic rings. The number of rotatable bonds is 10. The molecule has 0 amide bonds. The number of para-hydroxylation sites is 1. The van der Waals surface area contributed by atoms with Gasteiger partial charge in [0.2, 0.25) is 0 Å². The molecule has 69 heavy (non-hydrogen) atoms. The van der Waals surface area contributed by atoms with E-state index < -0.39 is 0 Å². The molecule has 0 radical (unpaired) electrons. The zero-order valence-electron chi connectivity index (χ0n) is 41.4. The predicted molar refractivity (Wildman–Crippen MR) is 283 cm³/mol. The third kappa shape index (κ3) is 9.15. The molecular weight excluding hydrogens is 1020 g/mol. The Morgan fingerprint density at radius 1 is 0.536 bits per heavy atom. The minimum atomic E-state index is -0.245. The fourth-order valence-corrected chi connectivity index (χ4v) is 9.71. The molecule has 3 heterocycles. The summed E-state index contributed by atoms with van der Waals surface area (Å²) < 4.78 is 8.89. The minimum absolute atomic E-state index is 0. The summed E-state index contributed by atoms with van der Waals surface area (Å²) in [5.74, 6) is 2.07. The summed E-state index contributed by atoms with van der Waals surface area (Å²) >= 11 is 0. The standard InChI is InChI=1S/C63H61N4O.Pt/c1-60(2,3)44-28-31-56-54(37-44)55(65-48-35-46(62(7,8)42-20-13-11-14-21-42)34-47(36-48)63(9,10)43-22-15-12-16-23-43)41-66(56)49-24-19-25-50(39-49)68-51-29-30-53-52-26-17-18-27-57(52)67(58(53)40-51)59-38-45(32-33-64-59)61(4,5)6;/h11-38,41,55,65H,1-10H3;/q-3;. The second-order valence-electron chi connectivity index (χ2n) is 21.5. The molecule has 0 fully saturated rings. The van der Waals surface area contributed by atoms with Crippen molar-refractivity contribution < 1.29 is 25.8 Å². The number of pyridine rings is 1. The first-order valence-corrected chi connectivity index (χ1v) is 23.9. The fraction of sp³-hybridized carbons (Fsp3) is 0.238. The largest absolute Gasteiger partial charge is 0.512 e. The summed E-state index contributed by atoms with van der Waals surface area (Å²) in [7, 11) is 0. The van der Waals surface area contributed by atoms with E-state index in [2.05, 4.69) is 248 Å². The average Bonchev–Trinajstić information content (AvgIpc) is 3.86.